The summed E-state index contributed by atoms with van der Waals surface area (Å²) in [5.74, 6) is -0.245. The molecule has 2 rings (SSSR count). The van der Waals surface area contributed by atoms with Gasteiger partial charge in [-0.2, -0.15) is 13.2 Å². The van der Waals surface area contributed by atoms with Crippen LogP contribution in [0.25, 0.3) is 0 Å². The molecular formula is C13H22F3N3O. The number of nitrogens with one attached hydrogen (secondary N) is 2. The summed E-state index contributed by atoms with van der Waals surface area (Å²) in [4.78, 5) is 13.4. The van der Waals surface area contributed by atoms with Crippen molar-refractivity contribution >= 4 is 5.91 Å². The van der Waals surface area contributed by atoms with Gasteiger partial charge in [-0.05, 0) is 45.2 Å². The maximum atomic E-state index is 12.9. The van der Waals surface area contributed by atoms with E-state index in [4.69, 9.17) is 0 Å². The predicted octanol–water partition coefficient (Wildman–Crippen LogP) is 1.27. The largest absolute Gasteiger partial charge is 0.401 e. The molecule has 0 saturated carbocycles. The summed E-state index contributed by atoms with van der Waals surface area (Å²) in [6.07, 6.45) is -0.778. The summed E-state index contributed by atoms with van der Waals surface area (Å²) in [5.41, 5.74) is 0. The van der Waals surface area contributed by atoms with E-state index < -0.39 is 18.8 Å². The Kier molecular flexibility index (Phi) is 5.26. The lowest BCUT2D eigenvalue weighted by Crippen LogP contribution is -2.55. The molecular weight excluding hydrogens is 271 g/mol. The highest BCUT2D eigenvalue weighted by Gasteiger charge is 2.40. The van der Waals surface area contributed by atoms with Crippen LogP contribution in [0.5, 0.6) is 0 Å². The van der Waals surface area contributed by atoms with Crippen LogP contribution < -0.4 is 10.6 Å². The topological polar surface area (TPSA) is 44.4 Å². The van der Waals surface area contributed by atoms with Crippen molar-refractivity contribution in [3.8, 4) is 0 Å². The van der Waals surface area contributed by atoms with E-state index in [9.17, 15) is 18.0 Å². The number of halogens is 3. The van der Waals surface area contributed by atoms with Crippen LogP contribution in [0, 0.1) is 0 Å². The molecule has 1 atom stereocenters. The first-order valence-electron chi connectivity index (χ1n) is 7.28. The Morgan fingerprint density at radius 2 is 1.80 bits per heavy atom. The summed E-state index contributed by atoms with van der Waals surface area (Å²) in [7, 11) is 0. The monoisotopic (exact) mass is 293 g/mol. The zero-order valence-corrected chi connectivity index (χ0v) is 11.5. The van der Waals surface area contributed by atoms with Crippen LogP contribution in [-0.4, -0.2) is 55.2 Å². The number of piperidine rings is 1. The second-order valence-corrected chi connectivity index (χ2v) is 5.57. The third-order valence-electron chi connectivity index (χ3n) is 4.05. The molecule has 2 fully saturated rings. The molecule has 0 radical (unpaired) electrons. The van der Waals surface area contributed by atoms with Crippen LogP contribution in [0.1, 0.15) is 32.1 Å². The van der Waals surface area contributed by atoms with E-state index in [1.54, 1.807) is 0 Å². The lowest BCUT2D eigenvalue weighted by Gasteiger charge is -2.39. The summed E-state index contributed by atoms with van der Waals surface area (Å²) < 4.78 is 38.6. The molecule has 4 nitrogen and oxygen atoms in total. The molecule has 20 heavy (non-hydrogen) atoms. The highest BCUT2D eigenvalue weighted by Crippen LogP contribution is 2.26. The molecule has 7 heteroatoms. The fourth-order valence-electron chi connectivity index (χ4n) is 3.08. The number of alkyl halides is 3. The SMILES string of the molecule is O=C1NCCCCC1N(CC(F)(F)F)C1CCNCC1. The Bertz CT molecular complexity index is 329. The number of rotatable bonds is 3. The van der Waals surface area contributed by atoms with Crippen LogP contribution in [-0.2, 0) is 4.79 Å². The summed E-state index contributed by atoms with van der Waals surface area (Å²) >= 11 is 0. The first kappa shape index (κ1) is 15.6. The third-order valence-corrected chi connectivity index (χ3v) is 4.05. The van der Waals surface area contributed by atoms with E-state index in [-0.39, 0.29) is 11.9 Å². The second-order valence-electron chi connectivity index (χ2n) is 5.57. The van der Waals surface area contributed by atoms with Gasteiger partial charge in [0.05, 0.1) is 12.6 Å². The van der Waals surface area contributed by atoms with E-state index in [1.807, 2.05) is 0 Å². The van der Waals surface area contributed by atoms with Crippen LogP contribution in [0.4, 0.5) is 13.2 Å². The van der Waals surface area contributed by atoms with Crippen LogP contribution in [0.15, 0.2) is 0 Å². The van der Waals surface area contributed by atoms with Gasteiger partial charge in [0.2, 0.25) is 5.91 Å². The molecule has 2 aliphatic rings. The van der Waals surface area contributed by atoms with E-state index in [0.29, 0.717) is 38.9 Å². The van der Waals surface area contributed by atoms with Crippen molar-refractivity contribution in [2.45, 2.75) is 50.4 Å². The number of carbonyl (C=O) groups excluding carboxylic acids is 1. The van der Waals surface area contributed by atoms with Crippen molar-refractivity contribution < 1.29 is 18.0 Å². The van der Waals surface area contributed by atoms with Gasteiger partial charge in [0.25, 0.3) is 0 Å². The second kappa shape index (κ2) is 6.76. The van der Waals surface area contributed by atoms with Crippen molar-refractivity contribution in [2.75, 3.05) is 26.2 Å². The Morgan fingerprint density at radius 1 is 1.10 bits per heavy atom. The van der Waals surface area contributed by atoms with Gasteiger partial charge < -0.3 is 10.6 Å². The van der Waals surface area contributed by atoms with Gasteiger partial charge in [-0.1, -0.05) is 0 Å². The average molecular weight is 293 g/mol. The number of hydrogen-bond donors (Lipinski definition) is 2. The third kappa shape index (κ3) is 4.34. The standard InChI is InChI=1S/C13H22F3N3O/c14-13(15,16)9-19(10-4-7-17-8-5-10)11-3-1-2-6-18-12(11)20/h10-11,17H,1-9H2,(H,18,20). The van der Waals surface area contributed by atoms with Crippen molar-refractivity contribution in [1.29, 1.82) is 0 Å². The zero-order chi connectivity index (χ0) is 14.6. The summed E-state index contributed by atoms with van der Waals surface area (Å²) in [5, 5.41) is 5.89. The molecule has 0 spiro atoms. The van der Waals surface area contributed by atoms with Gasteiger partial charge >= 0.3 is 6.18 Å². The Balaban J connectivity index is 2.12. The van der Waals surface area contributed by atoms with Crippen molar-refractivity contribution in [2.24, 2.45) is 0 Å². The van der Waals surface area contributed by atoms with Crippen LogP contribution >= 0.6 is 0 Å². The lowest BCUT2D eigenvalue weighted by molar-refractivity contribution is -0.162. The smallest absolute Gasteiger partial charge is 0.355 e. The lowest BCUT2D eigenvalue weighted by atomic mass is 10.00. The van der Waals surface area contributed by atoms with Crippen molar-refractivity contribution in [3.05, 3.63) is 0 Å². The van der Waals surface area contributed by atoms with Gasteiger partial charge in [0, 0.05) is 12.6 Å². The van der Waals surface area contributed by atoms with Crippen molar-refractivity contribution in [3.63, 3.8) is 0 Å². The van der Waals surface area contributed by atoms with E-state index in [2.05, 4.69) is 10.6 Å². The average Bonchev–Trinajstić information content (AvgIpc) is 2.61. The Labute approximate surface area is 117 Å². The number of amides is 1. The highest BCUT2D eigenvalue weighted by molar-refractivity contribution is 5.82. The van der Waals surface area contributed by atoms with E-state index in [1.165, 1.54) is 4.90 Å². The molecule has 2 saturated heterocycles. The normalized spacial score (nSPS) is 26.4. The van der Waals surface area contributed by atoms with Gasteiger partial charge in [-0.25, -0.2) is 0 Å². The van der Waals surface area contributed by atoms with E-state index >= 15 is 0 Å². The Morgan fingerprint density at radius 3 is 2.45 bits per heavy atom. The summed E-state index contributed by atoms with van der Waals surface area (Å²) in [6, 6.07) is -0.797. The molecule has 2 aliphatic heterocycles. The molecule has 1 unspecified atom stereocenters. The molecule has 116 valence electrons. The molecule has 0 aromatic rings. The molecule has 2 N–H and O–H groups in total. The van der Waals surface area contributed by atoms with Gasteiger partial charge in [-0.3, -0.25) is 9.69 Å². The minimum atomic E-state index is -4.27. The Hall–Kier alpha value is -0.820. The van der Waals surface area contributed by atoms with E-state index in [0.717, 1.165) is 12.8 Å². The maximum Gasteiger partial charge on any atom is 0.401 e. The van der Waals surface area contributed by atoms with Crippen LogP contribution in [0.3, 0.4) is 0 Å². The van der Waals surface area contributed by atoms with Crippen LogP contribution in [0.2, 0.25) is 0 Å². The van der Waals surface area contributed by atoms with Crippen molar-refractivity contribution in [1.82, 2.24) is 15.5 Å². The molecule has 0 aliphatic carbocycles. The molecule has 0 aromatic heterocycles. The number of nitrogens with zero attached hydrogens (tertiary/aromatic N) is 1. The minimum Gasteiger partial charge on any atom is -0.355 e. The zero-order valence-electron chi connectivity index (χ0n) is 11.5. The first-order valence-corrected chi connectivity index (χ1v) is 7.28. The number of carbonyl (C=O) groups is 1. The fraction of sp³-hybridized carbons (Fsp3) is 0.923. The maximum absolute atomic E-state index is 12.9. The quantitative estimate of drug-likeness (QED) is 0.824. The highest BCUT2D eigenvalue weighted by atomic mass is 19.4. The van der Waals surface area contributed by atoms with Gasteiger partial charge in [0.1, 0.15) is 0 Å². The fourth-order valence-corrected chi connectivity index (χ4v) is 3.08. The van der Waals surface area contributed by atoms with Gasteiger partial charge in [0.15, 0.2) is 0 Å². The molecule has 0 bridgehead atoms. The minimum absolute atomic E-state index is 0.160. The molecule has 0 aromatic carbocycles. The molecule has 2 heterocycles. The number of hydrogen-bond acceptors (Lipinski definition) is 3. The predicted molar refractivity (Wildman–Crippen MR) is 69.3 cm³/mol. The summed E-state index contributed by atoms with van der Waals surface area (Å²) in [6.45, 7) is 1.01. The van der Waals surface area contributed by atoms with Gasteiger partial charge in [-0.15, -0.1) is 0 Å². The molecule has 1 amide bonds. The first-order chi connectivity index (χ1) is 9.47.